The molecule has 0 radical (unpaired) electrons. The van der Waals surface area contributed by atoms with E-state index in [9.17, 15) is 15.0 Å². The number of rotatable bonds is 7. The second-order valence-electron chi connectivity index (χ2n) is 5.25. The Morgan fingerprint density at radius 2 is 1.69 bits per heavy atom. The first-order valence-electron chi connectivity index (χ1n) is 5.70. The molecule has 0 saturated heterocycles. The van der Waals surface area contributed by atoms with Crippen LogP contribution in [-0.2, 0) is 9.53 Å². The quantitative estimate of drug-likeness (QED) is 0.655. The zero-order valence-corrected chi connectivity index (χ0v) is 10.7. The van der Waals surface area contributed by atoms with Crippen molar-refractivity contribution in [2.24, 2.45) is 0 Å². The first-order valence-corrected chi connectivity index (χ1v) is 5.70. The Morgan fingerprint density at radius 3 is 2.12 bits per heavy atom. The average Bonchev–Trinajstić information content (AvgIpc) is 1.99. The third-order valence-corrected chi connectivity index (χ3v) is 2.45. The van der Waals surface area contributed by atoms with Gasteiger partial charge in [-0.25, -0.2) is 0 Å². The highest BCUT2D eigenvalue weighted by molar-refractivity contribution is 5.65. The molecule has 0 fully saturated rings. The molecule has 16 heavy (non-hydrogen) atoms. The van der Waals surface area contributed by atoms with Crippen LogP contribution in [0.4, 0.5) is 0 Å². The predicted molar refractivity (Wildman–Crippen MR) is 62.0 cm³/mol. The van der Waals surface area contributed by atoms with E-state index in [0.717, 1.165) is 6.42 Å². The molecule has 0 aromatic rings. The normalized spacial score (nSPS) is 15.6. The Bertz CT molecular complexity index is 216. The molecule has 96 valence electrons. The number of hydrogen-bond donors (Lipinski definition) is 2. The Morgan fingerprint density at radius 1 is 1.12 bits per heavy atom. The van der Waals surface area contributed by atoms with Crippen LogP contribution < -0.4 is 0 Å². The second-order valence-corrected chi connectivity index (χ2v) is 5.25. The molecule has 0 aliphatic heterocycles. The van der Waals surface area contributed by atoms with E-state index in [0.29, 0.717) is 19.3 Å². The van der Waals surface area contributed by atoms with Gasteiger partial charge >= 0.3 is 5.97 Å². The lowest BCUT2D eigenvalue weighted by Gasteiger charge is -2.25. The number of hydrogen-bond acceptors (Lipinski definition) is 4. The van der Waals surface area contributed by atoms with Gasteiger partial charge in [-0.1, -0.05) is 0 Å². The summed E-state index contributed by atoms with van der Waals surface area (Å²) >= 11 is 0. The highest BCUT2D eigenvalue weighted by atomic mass is 16.5. The van der Waals surface area contributed by atoms with Gasteiger partial charge in [0.2, 0.25) is 0 Å². The van der Waals surface area contributed by atoms with Crippen molar-refractivity contribution in [3.8, 4) is 0 Å². The highest BCUT2D eigenvalue weighted by Gasteiger charge is 2.22. The van der Waals surface area contributed by atoms with Gasteiger partial charge < -0.3 is 14.9 Å². The Balaban J connectivity index is 3.74. The molecule has 0 amide bonds. The second kappa shape index (κ2) is 6.21. The minimum absolute atomic E-state index is 0.241. The average molecular weight is 232 g/mol. The van der Waals surface area contributed by atoms with Gasteiger partial charge in [0.25, 0.3) is 0 Å². The van der Waals surface area contributed by atoms with Gasteiger partial charge in [-0.2, -0.15) is 0 Å². The third kappa shape index (κ3) is 9.93. The Hall–Kier alpha value is -0.610. The summed E-state index contributed by atoms with van der Waals surface area (Å²) in [6.07, 6.45) is 2.42. The van der Waals surface area contributed by atoms with Crippen LogP contribution in [0, 0.1) is 0 Å². The number of esters is 1. The molecule has 0 aliphatic carbocycles. The van der Waals surface area contributed by atoms with Crippen molar-refractivity contribution in [1.82, 2.24) is 0 Å². The summed E-state index contributed by atoms with van der Waals surface area (Å²) in [6.45, 7) is 6.82. The van der Waals surface area contributed by atoms with Gasteiger partial charge in [-0.15, -0.1) is 0 Å². The lowest BCUT2D eigenvalue weighted by atomic mass is 9.92. The standard InChI is InChI=1S/C12H24O4/c1-10(13)16-9-8-12(4,15)7-5-6-11(2,3)14/h14-15H,5-9H2,1-4H3. The predicted octanol–water partition coefficient (Wildman–Crippen LogP) is 1.63. The first kappa shape index (κ1) is 15.4. The zero-order chi connectivity index (χ0) is 12.8. The Kier molecular flexibility index (Phi) is 5.97. The molecule has 0 spiro atoms. The molecule has 1 atom stereocenters. The lowest BCUT2D eigenvalue weighted by molar-refractivity contribution is -0.142. The van der Waals surface area contributed by atoms with Gasteiger partial charge in [0.1, 0.15) is 0 Å². The highest BCUT2D eigenvalue weighted by Crippen LogP contribution is 2.21. The SMILES string of the molecule is CC(=O)OCCC(C)(O)CCCC(C)(C)O. The summed E-state index contributed by atoms with van der Waals surface area (Å²) in [5.74, 6) is -0.327. The van der Waals surface area contributed by atoms with Gasteiger partial charge in [0.05, 0.1) is 17.8 Å². The fourth-order valence-electron chi connectivity index (χ4n) is 1.44. The molecule has 0 aliphatic rings. The van der Waals surface area contributed by atoms with Crippen molar-refractivity contribution in [1.29, 1.82) is 0 Å². The van der Waals surface area contributed by atoms with E-state index in [1.54, 1.807) is 20.8 Å². The van der Waals surface area contributed by atoms with Crippen LogP contribution in [0.15, 0.2) is 0 Å². The summed E-state index contributed by atoms with van der Waals surface area (Å²) in [4.78, 5) is 10.5. The topological polar surface area (TPSA) is 66.8 Å². The fourth-order valence-corrected chi connectivity index (χ4v) is 1.44. The van der Waals surface area contributed by atoms with E-state index >= 15 is 0 Å². The molecule has 0 aromatic carbocycles. The van der Waals surface area contributed by atoms with Crippen molar-refractivity contribution >= 4 is 5.97 Å². The maximum absolute atomic E-state index is 10.5. The van der Waals surface area contributed by atoms with Crippen LogP contribution in [0.25, 0.3) is 0 Å². The van der Waals surface area contributed by atoms with Crippen molar-refractivity contribution in [3.05, 3.63) is 0 Å². The zero-order valence-electron chi connectivity index (χ0n) is 10.7. The maximum Gasteiger partial charge on any atom is 0.302 e. The van der Waals surface area contributed by atoms with Crippen molar-refractivity contribution in [2.45, 2.75) is 64.6 Å². The van der Waals surface area contributed by atoms with Crippen molar-refractivity contribution in [2.75, 3.05) is 6.61 Å². The van der Waals surface area contributed by atoms with E-state index in [1.807, 2.05) is 0 Å². The van der Waals surface area contributed by atoms with Gasteiger partial charge in [-0.05, 0) is 40.0 Å². The third-order valence-electron chi connectivity index (χ3n) is 2.45. The first-order chi connectivity index (χ1) is 7.12. The molecule has 0 heterocycles. The molecule has 0 aromatic heterocycles. The van der Waals surface area contributed by atoms with Gasteiger partial charge in [0.15, 0.2) is 0 Å². The molecule has 0 bridgehead atoms. The molecular weight excluding hydrogens is 208 g/mol. The van der Waals surface area contributed by atoms with Crippen LogP contribution in [0.5, 0.6) is 0 Å². The van der Waals surface area contributed by atoms with Crippen molar-refractivity contribution < 1.29 is 19.7 Å². The lowest BCUT2D eigenvalue weighted by Crippen LogP contribution is -2.28. The fraction of sp³-hybridized carbons (Fsp3) is 0.917. The van der Waals surface area contributed by atoms with Crippen LogP contribution >= 0.6 is 0 Å². The largest absolute Gasteiger partial charge is 0.466 e. The molecule has 1 unspecified atom stereocenters. The smallest absolute Gasteiger partial charge is 0.302 e. The molecule has 4 heteroatoms. The van der Waals surface area contributed by atoms with E-state index in [-0.39, 0.29) is 12.6 Å². The molecule has 0 rings (SSSR count). The van der Waals surface area contributed by atoms with E-state index < -0.39 is 11.2 Å². The Labute approximate surface area is 97.6 Å². The summed E-state index contributed by atoms with van der Waals surface area (Å²) in [5, 5.41) is 19.5. The summed E-state index contributed by atoms with van der Waals surface area (Å²) in [7, 11) is 0. The number of ether oxygens (including phenoxy) is 1. The maximum atomic E-state index is 10.5. The van der Waals surface area contributed by atoms with Crippen LogP contribution in [-0.4, -0.2) is 34.0 Å². The van der Waals surface area contributed by atoms with Gasteiger partial charge in [-0.3, -0.25) is 4.79 Å². The van der Waals surface area contributed by atoms with Crippen LogP contribution in [0.2, 0.25) is 0 Å². The van der Waals surface area contributed by atoms with Crippen molar-refractivity contribution in [3.63, 3.8) is 0 Å². The van der Waals surface area contributed by atoms with E-state index in [2.05, 4.69) is 0 Å². The molecule has 2 N–H and O–H groups in total. The number of aliphatic hydroxyl groups is 2. The number of carbonyl (C=O) groups excluding carboxylic acids is 1. The molecule has 4 nitrogen and oxygen atoms in total. The monoisotopic (exact) mass is 232 g/mol. The summed E-state index contributed by atoms with van der Waals surface area (Å²) in [6, 6.07) is 0. The van der Waals surface area contributed by atoms with Gasteiger partial charge in [0, 0.05) is 13.3 Å². The molecule has 0 saturated carbocycles. The minimum Gasteiger partial charge on any atom is -0.466 e. The van der Waals surface area contributed by atoms with E-state index in [4.69, 9.17) is 4.74 Å². The summed E-state index contributed by atoms with van der Waals surface area (Å²) < 4.78 is 4.78. The van der Waals surface area contributed by atoms with Crippen LogP contribution in [0.1, 0.15) is 53.4 Å². The van der Waals surface area contributed by atoms with E-state index in [1.165, 1.54) is 6.92 Å². The number of carbonyl (C=O) groups is 1. The minimum atomic E-state index is -0.833. The summed E-state index contributed by atoms with van der Waals surface area (Å²) in [5.41, 5.74) is -1.52. The molecular formula is C12H24O4. The van der Waals surface area contributed by atoms with Crippen LogP contribution in [0.3, 0.4) is 0 Å².